The van der Waals surface area contributed by atoms with Crippen molar-refractivity contribution in [1.82, 2.24) is 10.2 Å². The highest BCUT2D eigenvalue weighted by molar-refractivity contribution is 5.82. The Morgan fingerprint density at radius 1 is 1.38 bits per heavy atom. The molecule has 3 unspecified atom stereocenters. The molecule has 2 fully saturated rings. The number of nitrogens with zero attached hydrogens (tertiary/aromatic N) is 1. The molecule has 0 spiro atoms. The number of halogens is 2. The molecule has 4 nitrogen and oxygen atoms in total. The van der Waals surface area contributed by atoms with Gasteiger partial charge in [-0.1, -0.05) is 6.07 Å². The summed E-state index contributed by atoms with van der Waals surface area (Å²) >= 11 is 0. The number of nitrogens with one attached hydrogen (secondary N) is 1. The Labute approximate surface area is 141 Å². The quantitative estimate of drug-likeness (QED) is 0.897. The summed E-state index contributed by atoms with van der Waals surface area (Å²) in [6.45, 7) is 4.40. The summed E-state index contributed by atoms with van der Waals surface area (Å²) in [7, 11) is 0. The van der Waals surface area contributed by atoms with Crippen LogP contribution in [0.4, 0.5) is 8.78 Å². The van der Waals surface area contributed by atoms with Crippen molar-refractivity contribution in [2.75, 3.05) is 19.8 Å². The maximum absolute atomic E-state index is 13.8. The lowest BCUT2D eigenvalue weighted by molar-refractivity contribution is -0.137. The van der Waals surface area contributed by atoms with E-state index in [1.807, 2.05) is 0 Å². The van der Waals surface area contributed by atoms with Crippen LogP contribution in [-0.2, 0) is 16.1 Å². The number of ether oxygens (including phenoxy) is 1. The number of carbonyl (C=O) groups excluding carboxylic acids is 1. The van der Waals surface area contributed by atoms with Crippen LogP contribution in [0.25, 0.3) is 0 Å². The van der Waals surface area contributed by atoms with Gasteiger partial charge in [0.15, 0.2) is 0 Å². The molecule has 2 aliphatic heterocycles. The van der Waals surface area contributed by atoms with Crippen LogP contribution in [0.5, 0.6) is 0 Å². The van der Waals surface area contributed by atoms with E-state index in [1.54, 1.807) is 4.90 Å². The lowest BCUT2D eigenvalue weighted by Gasteiger charge is -2.35. The highest BCUT2D eigenvalue weighted by atomic mass is 19.1. The summed E-state index contributed by atoms with van der Waals surface area (Å²) < 4.78 is 32.3. The molecule has 24 heavy (non-hydrogen) atoms. The number of hydrogen-bond donors (Lipinski definition) is 1. The second-order valence-corrected chi connectivity index (χ2v) is 6.77. The molecule has 0 aliphatic carbocycles. The number of benzene rings is 1. The Hall–Kier alpha value is -1.53. The third-order valence-electron chi connectivity index (χ3n) is 5.04. The average Bonchev–Trinajstić information content (AvgIpc) is 3.08. The molecule has 1 aromatic carbocycles. The molecule has 1 aromatic rings. The zero-order chi connectivity index (χ0) is 17.1. The molecule has 0 bridgehead atoms. The van der Waals surface area contributed by atoms with Gasteiger partial charge < -0.3 is 15.0 Å². The van der Waals surface area contributed by atoms with Gasteiger partial charge in [-0.15, -0.1) is 0 Å². The SMILES string of the molecule is CC(NC1CCCN(Cc2ccc(F)cc2F)C1=O)C1CCOC1. The van der Waals surface area contributed by atoms with Crippen molar-refractivity contribution >= 4 is 5.91 Å². The van der Waals surface area contributed by atoms with Crippen molar-refractivity contribution in [3.63, 3.8) is 0 Å². The maximum Gasteiger partial charge on any atom is 0.240 e. The van der Waals surface area contributed by atoms with Crippen LogP contribution in [-0.4, -0.2) is 42.6 Å². The molecule has 2 heterocycles. The van der Waals surface area contributed by atoms with E-state index in [-0.39, 0.29) is 24.5 Å². The predicted molar refractivity (Wildman–Crippen MR) is 86.3 cm³/mol. The number of hydrogen-bond acceptors (Lipinski definition) is 3. The molecular formula is C18H24F2N2O2. The van der Waals surface area contributed by atoms with E-state index in [2.05, 4.69) is 12.2 Å². The van der Waals surface area contributed by atoms with Crippen LogP contribution in [0, 0.1) is 17.6 Å². The van der Waals surface area contributed by atoms with Crippen LogP contribution in [0.15, 0.2) is 18.2 Å². The monoisotopic (exact) mass is 338 g/mol. The van der Waals surface area contributed by atoms with Crippen molar-refractivity contribution < 1.29 is 18.3 Å². The third-order valence-corrected chi connectivity index (χ3v) is 5.04. The van der Waals surface area contributed by atoms with E-state index in [0.717, 1.165) is 38.5 Å². The third kappa shape index (κ3) is 3.92. The molecule has 2 saturated heterocycles. The van der Waals surface area contributed by atoms with E-state index >= 15 is 0 Å². The molecule has 0 aromatic heterocycles. The minimum absolute atomic E-state index is 0.00394. The summed E-state index contributed by atoms with van der Waals surface area (Å²) in [6.07, 6.45) is 2.68. The van der Waals surface area contributed by atoms with E-state index in [0.29, 0.717) is 18.0 Å². The van der Waals surface area contributed by atoms with Crippen LogP contribution in [0.1, 0.15) is 31.7 Å². The van der Waals surface area contributed by atoms with E-state index in [4.69, 9.17) is 4.74 Å². The van der Waals surface area contributed by atoms with Gasteiger partial charge in [0, 0.05) is 37.4 Å². The van der Waals surface area contributed by atoms with Gasteiger partial charge in [0.25, 0.3) is 0 Å². The maximum atomic E-state index is 13.8. The fraction of sp³-hybridized carbons (Fsp3) is 0.611. The molecule has 0 radical (unpaired) electrons. The first-order valence-corrected chi connectivity index (χ1v) is 8.61. The molecule has 1 N–H and O–H groups in total. The fourth-order valence-corrected chi connectivity index (χ4v) is 3.51. The van der Waals surface area contributed by atoms with Gasteiger partial charge in [-0.3, -0.25) is 4.79 Å². The summed E-state index contributed by atoms with van der Waals surface area (Å²) in [5, 5.41) is 3.43. The molecular weight excluding hydrogens is 314 g/mol. The lowest BCUT2D eigenvalue weighted by Crippen LogP contribution is -2.53. The Morgan fingerprint density at radius 2 is 2.21 bits per heavy atom. The minimum Gasteiger partial charge on any atom is -0.381 e. The van der Waals surface area contributed by atoms with Gasteiger partial charge >= 0.3 is 0 Å². The fourth-order valence-electron chi connectivity index (χ4n) is 3.51. The molecule has 3 rings (SSSR count). The summed E-state index contributed by atoms with van der Waals surface area (Å²) in [5.74, 6) is -0.777. The van der Waals surface area contributed by atoms with Crippen molar-refractivity contribution in [2.45, 2.75) is 44.8 Å². The number of likely N-dealkylation sites (tertiary alicyclic amines) is 1. The molecule has 2 aliphatic rings. The van der Waals surface area contributed by atoms with Gasteiger partial charge in [-0.05, 0) is 38.2 Å². The predicted octanol–water partition coefficient (Wildman–Crippen LogP) is 2.47. The van der Waals surface area contributed by atoms with Crippen LogP contribution in [0.2, 0.25) is 0 Å². The second kappa shape index (κ2) is 7.57. The minimum atomic E-state index is -0.603. The van der Waals surface area contributed by atoms with Crippen LogP contribution in [0.3, 0.4) is 0 Å². The second-order valence-electron chi connectivity index (χ2n) is 6.77. The first-order chi connectivity index (χ1) is 11.5. The summed E-state index contributed by atoms with van der Waals surface area (Å²) in [6, 6.07) is 3.47. The zero-order valence-corrected chi connectivity index (χ0v) is 13.9. The number of piperidine rings is 1. The van der Waals surface area contributed by atoms with Gasteiger partial charge in [0.05, 0.1) is 12.6 Å². The molecule has 0 saturated carbocycles. The van der Waals surface area contributed by atoms with Crippen LogP contribution >= 0.6 is 0 Å². The Kier molecular flexibility index (Phi) is 5.46. The van der Waals surface area contributed by atoms with Gasteiger partial charge in [-0.25, -0.2) is 8.78 Å². The Bertz CT molecular complexity index is 590. The standard InChI is InChI=1S/C18H24F2N2O2/c1-12(14-6-8-24-11-14)21-17-3-2-7-22(18(17)23)10-13-4-5-15(19)9-16(13)20/h4-5,9,12,14,17,21H,2-3,6-8,10-11H2,1H3. The summed E-state index contributed by atoms with van der Waals surface area (Å²) in [5.41, 5.74) is 0.350. The normalized spacial score (nSPS) is 26.0. The Morgan fingerprint density at radius 3 is 2.92 bits per heavy atom. The topological polar surface area (TPSA) is 41.6 Å². The zero-order valence-electron chi connectivity index (χ0n) is 13.9. The number of amides is 1. The number of carbonyl (C=O) groups is 1. The van der Waals surface area contributed by atoms with Gasteiger partial charge in [0.1, 0.15) is 11.6 Å². The smallest absolute Gasteiger partial charge is 0.240 e. The van der Waals surface area contributed by atoms with Crippen molar-refractivity contribution in [1.29, 1.82) is 0 Å². The lowest BCUT2D eigenvalue weighted by atomic mass is 9.97. The highest BCUT2D eigenvalue weighted by Crippen LogP contribution is 2.21. The average molecular weight is 338 g/mol. The highest BCUT2D eigenvalue weighted by Gasteiger charge is 2.32. The largest absolute Gasteiger partial charge is 0.381 e. The van der Waals surface area contributed by atoms with Crippen molar-refractivity contribution in [3.05, 3.63) is 35.4 Å². The van der Waals surface area contributed by atoms with Gasteiger partial charge in [-0.2, -0.15) is 0 Å². The number of rotatable bonds is 5. The van der Waals surface area contributed by atoms with Gasteiger partial charge in [0.2, 0.25) is 5.91 Å². The summed E-state index contributed by atoms with van der Waals surface area (Å²) in [4.78, 5) is 14.4. The van der Waals surface area contributed by atoms with Crippen molar-refractivity contribution in [2.24, 2.45) is 5.92 Å². The molecule has 6 heteroatoms. The van der Waals surface area contributed by atoms with Crippen molar-refractivity contribution in [3.8, 4) is 0 Å². The first-order valence-electron chi connectivity index (χ1n) is 8.61. The van der Waals surface area contributed by atoms with E-state index in [1.165, 1.54) is 12.1 Å². The molecule has 1 amide bonds. The van der Waals surface area contributed by atoms with E-state index < -0.39 is 11.6 Å². The van der Waals surface area contributed by atoms with Crippen LogP contribution < -0.4 is 5.32 Å². The molecule has 132 valence electrons. The van der Waals surface area contributed by atoms with E-state index in [9.17, 15) is 13.6 Å². The first kappa shape index (κ1) is 17.3. The molecule has 3 atom stereocenters. The Balaban J connectivity index is 1.61.